The predicted octanol–water partition coefficient (Wildman–Crippen LogP) is 2.98. The van der Waals surface area contributed by atoms with Crippen molar-refractivity contribution in [1.29, 1.82) is 0 Å². The normalized spacial score (nSPS) is 22.9. The van der Waals surface area contributed by atoms with E-state index in [-0.39, 0.29) is 0 Å². The first-order chi connectivity index (χ1) is 10.2. The van der Waals surface area contributed by atoms with Crippen molar-refractivity contribution in [3.63, 3.8) is 0 Å². The number of thioether (sulfide) groups is 1. The molecule has 1 aliphatic rings. The molecule has 1 fully saturated rings. The van der Waals surface area contributed by atoms with Gasteiger partial charge in [-0.2, -0.15) is 0 Å². The van der Waals surface area contributed by atoms with E-state index in [4.69, 9.17) is 0 Å². The molecule has 1 saturated carbocycles. The molecule has 1 aromatic rings. The predicted molar refractivity (Wildman–Crippen MR) is 87.4 cm³/mol. The van der Waals surface area contributed by atoms with Crippen LogP contribution in [0.3, 0.4) is 0 Å². The second-order valence-corrected chi connectivity index (χ2v) is 7.72. The molecule has 1 N–H and O–H groups in total. The van der Waals surface area contributed by atoms with Crippen LogP contribution >= 0.6 is 11.8 Å². The van der Waals surface area contributed by atoms with Crippen LogP contribution < -0.4 is 5.32 Å². The van der Waals surface area contributed by atoms with E-state index in [1.54, 1.807) is 0 Å². The van der Waals surface area contributed by atoms with E-state index in [9.17, 15) is 0 Å². The molecule has 0 radical (unpaired) electrons. The molecule has 5 nitrogen and oxygen atoms in total. The Morgan fingerprint density at radius 3 is 2.71 bits per heavy atom. The van der Waals surface area contributed by atoms with Gasteiger partial charge in [-0.3, -0.25) is 0 Å². The molecule has 0 saturated heterocycles. The third-order valence-electron chi connectivity index (χ3n) is 4.20. The smallest absolute Gasteiger partial charge is 0.209 e. The molecule has 2 rings (SSSR count). The summed E-state index contributed by atoms with van der Waals surface area (Å²) in [6.07, 6.45) is 6.68. The first-order valence-electron chi connectivity index (χ1n) is 8.32. The molecule has 0 unspecified atom stereocenters. The van der Waals surface area contributed by atoms with Crippen molar-refractivity contribution in [2.24, 2.45) is 11.8 Å². The van der Waals surface area contributed by atoms with E-state index in [2.05, 4.69) is 41.6 Å². The molecule has 1 heterocycles. The highest BCUT2D eigenvalue weighted by Crippen LogP contribution is 2.35. The van der Waals surface area contributed by atoms with Crippen molar-refractivity contribution in [2.45, 2.75) is 69.8 Å². The fraction of sp³-hybridized carbons (Fsp3) is 0.933. The lowest BCUT2D eigenvalue weighted by atomic mass is 9.87. The van der Waals surface area contributed by atoms with Crippen LogP contribution in [0, 0.1) is 11.8 Å². The zero-order valence-corrected chi connectivity index (χ0v) is 14.4. The Kier molecular flexibility index (Phi) is 6.96. The van der Waals surface area contributed by atoms with Gasteiger partial charge >= 0.3 is 0 Å². The quantitative estimate of drug-likeness (QED) is 0.748. The van der Waals surface area contributed by atoms with Crippen LogP contribution in [-0.4, -0.2) is 38.5 Å². The van der Waals surface area contributed by atoms with E-state index < -0.39 is 0 Å². The van der Waals surface area contributed by atoms with Crippen molar-refractivity contribution in [1.82, 2.24) is 25.5 Å². The van der Waals surface area contributed by atoms with Crippen molar-refractivity contribution >= 4 is 11.8 Å². The average Bonchev–Trinajstić information content (AvgIpc) is 2.91. The van der Waals surface area contributed by atoms with Crippen molar-refractivity contribution in [2.75, 3.05) is 13.1 Å². The summed E-state index contributed by atoms with van der Waals surface area (Å²) < 4.78 is 1.95. The second-order valence-electron chi connectivity index (χ2n) is 6.45. The summed E-state index contributed by atoms with van der Waals surface area (Å²) in [5.74, 6) is 1.62. The van der Waals surface area contributed by atoms with Gasteiger partial charge in [-0.1, -0.05) is 39.0 Å². The molecule has 0 aliphatic heterocycles. The number of tetrazole rings is 1. The molecule has 0 amide bonds. The number of nitrogens with one attached hydrogen (secondary N) is 1. The first kappa shape index (κ1) is 16.7. The Labute approximate surface area is 132 Å². The number of nitrogens with zero attached hydrogens (tertiary/aromatic N) is 4. The summed E-state index contributed by atoms with van der Waals surface area (Å²) in [6.45, 7) is 9.58. The van der Waals surface area contributed by atoms with E-state index in [0.29, 0.717) is 11.2 Å². The Morgan fingerprint density at radius 1 is 1.29 bits per heavy atom. The molecule has 1 aromatic heterocycles. The molecule has 0 bridgehead atoms. The topological polar surface area (TPSA) is 55.6 Å². The lowest BCUT2D eigenvalue weighted by Crippen LogP contribution is -2.25. The van der Waals surface area contributed by atoms with Gasteiger partial charge in [0.2, 0.25) is 5.16 Å². The van der Waals surface area contributed by atoms with E-state index in [1.807, 2.05) is 16.4 Å². The SMILES string of the molecule is CCC1CCC(Sc2nnnn2CCNCC(C)C)CC1. The number of rotatable bonds is 8. The lowest BCUT2D eigenvalue weighted by Gasteiger charge is -2.26. The number of hydrogen-bond donors (Lipinski definition) is 1. The maximum absolute atomic E-state index is 4.20. The van der Waals surface area contributed by atoms with Crippen LogP contribution in [0.1, 0.15) is 52.9 Å². The molecule has 0 atom stereocenters. The second kappa shape index (κ2) is 8.73. The molecule has 0 spiro atoms. The van der Waals surface area contributed by atoms with Crippen molar-refractivity contribution in [3.05, 3.63) is 0 Å². The molecule has 120 valence electrons. The third-order valence-corrected chi connectivity index (χ3v) is 5.50. The van der Waals surface area contributed by atoms with Gasteiger partial charge in [-0.15, -0.1) is 5.10 Å². The fourth-order valence-corrected chi connectivity index (χ4v) is 3.94. The van der Waals surface area contributed by atoms with Gasteiger partial charge in [0.1, 0.15) is 0 Å². The monoisotopic (exact) mass is 311 g/mol. The van der Waals surface area contributed by atoms with E-state index in [1.165, 1.54) is 32.1 Å². The highest BCUT2D eigenvalue weighted by atomic mass is 32.2. The Hall–Kier alpha value is -0.620. The van der Waals surface area contributed by atoms with Gasteiger partial charge in [-0.25, -0.2) is 4.68 Å². The van der Waals surface area contributed by atoms with Crippen LogP contribution in [0.15, 0.2) is 5.16 Å². The first-order valence-corrected chi connectivity index (χ1v) is 9.20. The zero-order chi connectivity index (χ0) is 15.1. The van der Waals surface area contributed by atoms with E-state index in [0.717, 1.165) is 30.7 Å². The third kappa shape index (κ3) is 5.58. The van der Waals surface area contributed by atoms with Crippen molar-refractivity contribution in [3.8, 4) is 0 Å². The summed E-state index contributed by atoms with van der Waals surface area (Å²) in [5.41, 5.74) is 0. The van der Waals surface area contributed by atoms with Crippen LogP contribution in [-0.2, 0) is 6.54 Å². The van der Waals surface area contributed by atoms with Crippen molar-refractivity contribution < 1.29 is 0 Å². The molecular weight excluding hydrogens is 282 g/mol. The zero-order valence-electron chi connectivity index (χ0n) is 13.6. The fourth-order valence-electron chi connectivity index (χ4n) is 2.80. The summed E-state index contributed by atoms with van der Waals surface area (Å²) in [5, 5.41) is 17.3. The Morgan fingerprint density at radius 2 is 2.05 bits per heavy atom. The van der Waals surface area contributed by atoms with Crippen LogP contribution in [0.2, 0.25) is 0 Å². The lowest BCUT2D eigenvalue weighted by molar-refractivity contribution is 0.355. The van der Waals surface area contributed by atoms with Crippen LogP contribution in [0.25, 0.3) is 0 Å². The number of aromatic nitrogens is 4. The van der Waals surface area contributed by atoms with Gasteiger partial charge in [0.25, 0.3) is 0 Å². The minimum atomic E-state index is 0.682. The Bertz CT molecular complexity index is 399. The summed E-state index contributed by atoms with van der Waals surface area (Å²) >= 11 is 1.87. The minimum absolute atomic E-state index is 0.682. The molecule has 0 aromatic carbocycles. The molecular formula is C15H29N5S. The van der Waals surface area contributed by atoms with Gasteiger partial charge in [0.05, 0.1) is 6.54 Å². The van der Waals surface area contributed by atoms with Gasteiger partial charge < -0.3 is 5.32 Å². The molecule has 6 heteroatoms. The van der Waals surface area contributed by atoms with Crippen LogP contribution in [0.5, 0.6) is 0 Å². The Balaban J connectivity index is 1.75. The summed E-state index contributed by atoms with van der Waals surface area (Å²) in [6, 6.07) is 0. The van der Waals surface area contributed by atoms with E-state index >= 15 is 0 Å². The minimum Gasteiger partial charge on any atom is -0.315 e. The molecule has 21 heavy (non-hydrogen) atoms. The highest BCUT2D eigenvalue weighted by Gasteiger charge is 2.22. The van der Waals surface area contributed by atoms with Gasteiger partial charge in [0, 0.05) is 11.8 Å². The highest BCUT2D eigenvalue weighted by molar-refractivity contribution is 7.99. The largest absolute Gasteiger partial charge is 0.315 e. The summed E-state index contributed by atoms with van der Waals surface area (Å²) in [7, 11) is 0. The van der Waals surface area contributed by atoms with Crippen LogP contribution in [0.4, 0.5) is 0 Å². The number of hydrogen-bond acceptors (Lipinski definition) is 5. The summed E-state index contributed by atoms with van der Waals surface area (Å²) in [4.78, 5) is 0. The maximum atomic E-state index is 4.20. The average molecular weight is 311 g/mol. The van der Waals surface area contributed by atoms with Gasteiger partial charge in [-0.05, 0) is 54.5 Å². The molecule has 1 aliphatic carbocycles. The maximum Gasteiger partial charge on any atom is 0.209 e. The van der Waals surface area contributed by atoms with Gasteiger partial charge in [0.15, 0.2) is 0 Å². The standard InChI is InChI=1S/C15H29N5S/c1-4-13-5-7-14(8-6-13)21-15-17-18-19-20(15)10-9-16-11-12(2)3/h12-14,16H,4-11H2,1-3H3.